The van der Waals surface area contributed by atoms with Gasteiger partial charge < -0.3 is 14.6 Å². The van der Waals surface area contributed by atoms with Gasteiger partial charge in [-0.3, -0.25) is 0 Å². The molecule has 1 saturated carbocycles. The average Bonchev–Trinajstić information content (AvgIpc) is 3.09. The predicted molar refractivity (Wildman–Crippen MR) is 56.4 cm³/mol. The van der Waals surface area contributed by atoms with Crippen LogP contribution in [0.4, 0.5) is 13.2 Å². The SMILES string of the molecule is COc1cc(OC(F)(F)F)c(C2CC2)nc1C(=O)O. The second-order valence-electron chi connectivity index (χ2n) is 4.05. The summed E-state index contributed by atoms with van der Waals surface area (Å²) in [5, 5.41) is 8.94. The van der Waals surface area contributed by atoms with Gasteiger partial charge in [0.1, 0.15) is 0 Å². The fourth-order valence-corrected chi connectivity index (χ4v) is 1.66. The van der Waals surface area contributed by atoms with E-state index < -0.39 is 23.8 Å². The second kappa shape index (κ2) is 4.60. The van der Waals surface area contributed by atoms with Gasteiger partial charge in [-0.05, 0) is 12.8 Å². The minimum absolute atomic E-state index is 0.00975. The molecular weight excluding hydrogens is 267 g/mol. The highest BCUT2D eigenvalue weighted by Crippen LogP contribution is 2.45. The molecule has 5 nitrogen and oxygen atoms in total. The maximum Gasteiger partial charge on any atom is 0.573 e. The van der Waals surface area contributed by atoms with Crippen LogP contribution in [-0.4, -0.2) is 29.5 Å². The summed E-state index contributed by atoms with van der Waals surface area (Å²) in [6, 6.07) is 0.914. The van der Waals surface area contributed by atoms with Crippen LogP contribution < -0.4 is 9.47 Å². The lowest BCUT2D eigenvalue weighted by molar-refractivity contribution is -0.275. The number of aromatic nitrogens is 1. The molecule has 0 amide bonds. The zero-order valence-electron chi connectivity index (χ0n) is 9.82. The number of carbonyl (C=O) groups is 1. The molecule has 0 saturated heterocycles. The molecule has 0 aromatic carbocycles. The van der Waals surface area contributed by atoms with Crippen molar-refractivity contribution in [1.29, 1.82) is 0 Å². The van der Waals surface area contributed by atoms with Gasteiger partial charge in [0.2, 0.25) is 0 Å². The van der Waals surface area contributed by atoms with Crippen molar-refractivity contribution in [3.63, 3.8) is 0 Å². The zero-order valence-corrected chi connectivity index (χ0v) is 9.82. The van der Waals surface area contributed by atoms with Crippen LogP contribution in [0.15, 0.2) is 6.07 Å². The topological polar surface area (TPSA) is 68.7 Å². The summed E-state index contributed by atoms with van der Waals surface area (Å²) >= 11 is 0. The van der Waals surface area contributed by atoms with Crippen LogP contribution >= 0.6 is 0 Å². The second-order valence-corrected chi connectivity index (χ2v) is 4.05. The lowest BCUT2D eigenvalue weighted by Gasteiger charge is -2.14. The van der Waals surface area contributed by atoms with Crippen molar-refractivity contribution < 1.29 is 32.5 Å². The Kier molecular flexibility index (Phi) is 3.25. The van der Waals surface area contributed by atoms with Crippen molar-refractivity contribution in [3.8, 4) is 11.5 Å². The molecule has 0 bridgehead atoms. The summed E-state index contributed by atoms with van der Waals surface area (Å²) in [6.07, 6.45) is -3.54. The smallest absolute Gasteiger partial charge is 0.494 e. The molecule has 104 valence electrons. The van der Waals surface area contributed by atoms with E-state index in [1.54, 1.807) is 0 Å². The zero-order chi connectivity index (χ0) is 14.2. The molecule has 1 heterocycles. The fraction of sp³-hybridized carbons (Fsp3) is 0.455. The number of carboxylic acid groups (broad SMARTS) is 1. The van der Waals surface area contributed by atoms with Gasteiger partial charge in [0.05, 0.1) is 12.8 Å². The van der Waals surface area contributed by atoms with Gasteiger partial charge >= 0.3 is 12.3 Å². The third-order valence-corrected chi connectivity index (χ3v) is 2.59. The number of carboxylic acids is 1. The van der Waals surface area contributed by atoms with Gasteiger partial charge in [0.15, 0.2) is 17.2 Å². The maximum atomic E-state index is 12.3. The first-order valence-electron chi connectivity index (χ1n) is 5.40. The van der Waals surface area contributed by atoms with Gasteiger partial charge in [-0.1, -0.05) is 0 Å². The molecule has 1 aromatic heterocycles. The maximum absolute atomic E-state index is 12.3. The Balaban J connectivity index is 2.48. The van der Waals surface area contributed by atoms with Crippen molar-refractivity contribution in [1.82, 2.24) is 4.98 Å². The predicted octanol–water partition coefficient (Wildman–Crippen LogP) is 2.56. The van der Waals surface area contributed by atoms with Crippen LogP contribution in [-0.2, 0) is 0 Å². The molecule has 1 N–H and O–H groups in total. The number of aromatic carboxylic acids is 1. The summed E-state index contributed by atoms with van der Waals surface area (Å²) in [6.45, 7) is 0. The summed E-state index contributed by atoms with van der Waals surface area (Å²) in [7, 11) is 1.15. The van der Waals surface area contributed by atoms with E-state index >= 15 is 0 Å². The van der Waals surface area contributed by atoms with E-state index in [4.69, 9.17) is 9.84 Å². The van der Waals surface area contributed by atoms with Crippen molar-refractivity contribution in [2.45, 2.75) is 25.1 Å². The highest BCUT2D eigenvalue weighted by molar-refractivity contribution is 5.89. The summed E-state index contributed by atoms with van der Waals surface area (Å²) in [5.74, 6) is -2.33. The molecule has 1 fully saturated rings. The molecule has 0 atom stereocenters. The Morgan fingerprint density at radius 2 is 2.05 bits per heavy atom. The number of methoxy groups -OCH3 is 1. The number of nitrogens with zero attached hydrogens (tertiary/aromatic N) is 1. The molecule has 1 aromatic rings. The Bertz CT molecular complexity index is 511. The van der Waals surface area contributed by atoms with Crippen LogP contribution in [0.3, 0.4) is 0 Å². The van der Waals surface area contributed by atoms with Crippen molar-refractivity contribution in [3.05, 3.63) is 17.5 Å². The highest BCUT2D eigenvalue weighted by atomic mass is 19.4. The monoisotopic (exact) mass is 277 g/mol. The van der Waals surface area contributed by atoms with Crippen LogP contribution in [0.2, 0.25) is 0 Å². The van der Waals surface area contributed by atoms with E-state index in [2.05, 4.69) is 9.72 Å². The number of hydrogen-bond acceptors (Lipinski definition) is 4. The largest absolute Gasteiger partial charge is 0.573 e. The first kappa shape index (κ1) is 13.4. The lowest BCUT2D eigenvalue weighted by atomic mass is 10.2. The third-order valence-electron chi connectivity index (χ3n) is 2.59. The molecule has 1 aliphatic carbocycles. The highest BCUT2D eigenvalue weighted by Gasteiger charge is 2.37. The number of alkyl halides is 3. The number of hydrogen-bond donors (Lipinski definition) is 1. The number of halogens is 3. The number of pyridine rings is 1. The quantitative estimate of drug-likeness (QED) is 0.916. The Labute approximate surface area is 106 Å². The van der Waals surface area contributed by atoms with Gasteiger partial charge in [-0.25, -0.2) is 9.78 Å². The van der Waals surface area contributed by atoms with E-state index in [0.717, 1.165) is 13.2 Å². The summed E-state index contributed by atoms with van der Waals surface area (Å²) in [4.78, 5) is 14.7. The van der Waals surface area contributed by atoms with E-state index in [9.17, 15) is 18.0 Å². The first-order valence-corrected chi connectivity index (χ1v) is 5.40. The van der Waals surface area contributed by atoms with Gasteiger partial charge in [-0.15, -0.1) is 13.2 Å². The van der Waals surface area contributed by atoms with Gasteiger partial charge in [0, 0.05) is 12.0 Å². The molecule has 0 radical (unpaired) electrons. The van der Waals surface area contributed by atoms with Crippen LogP contribution in [0.1, 0.15) is 34.9 Å². The van der Waals surface area contributed by atoms with Crippen molar-refractivity contribution in [2.75, 3.05) is 7.11 Å². The van der Waals surface area contributed by atoms with Gasteiger partial charge in [-0.2, -0.15) is 0 Å². The van der Waals surface area contributed by atoms with Crippen molar-refractivity contribution in [2.24, 2.45) is 0 Å². The van der Waals surface area contributed by atoms with Crippen LogP contribution in [0.5, 0.6) is 11.5 Å². The van der Waals surface area contributed by atoms with E-state index in [-0.39, 0.29) is 17.4 Å². The first-order chi connectivity index (χ1) is 8.81. The molecule has 0 aliphatic heterocycles. The number of rotatable bonds is 4. The Hall–Kier alpha value is -1.99. The molecule has 8 heteroatoms. The minimum atomic E-state index is -4.86. The lowest BCUT2D eigenvalue weighted by Crippen LogP contribution is -2.19. The van der Waals surface area contributed by atoms with E-state index in [0.29, 0.717) is 12.8 Å². The fourth-order valence-electron chi connectivity index (χ4n) is 1.66. The van der Waals surface area contributed by atoms with E-state index in [1.165, 1.54) is 0 Å². The molecular formula is C11H10F3NO4. The molecule has 0 unspecified atom stereocenters. The Morgan fingerprint density at radius 1 is 1.42 bits per heavy atom. The average molecular weight is 277 g/mol. The van der Waals surface area contributed by atoms with Crippen molar-refractivity contribution >= 4 is 5.97 Å². The molecule has 0 spiro atoms. The van der Waals surface area contributed by atoms with Crippen LogP contribution in [0, 0.1) is 0 Å². The normalized spacial score (nSPS) is 15.2. The third kappa shape index (κ3) is 3.07. The molecule has 1 aliphatic rings. The van der Waals surface area contributed by atoms with Crippen LogP contribution in [0.25, 0.3) is 0 Å². The summed E-state index contributed by atoms with van der Waals surface area (Å²) < 4.78 is 45.5. The van der Waals surface area contributed by atoms with E-state index in [1.807, 2.05) is 0 Å². The van der Waals surface area contributed by atoms with Gasteiger partial charge in [0.25, 0.3) is 0 Å². The Morgan fingerprint density at radius 3 is 2.47 bits per heavy atom. The number of ether oxygens (including phenoxy) is 2. The molecule has 19 heavy (non-hydrogen) atoms. The summed E-state index contributed by atoms with van der Waals surface area (Å²) in [5.41, 5.74) is -0.408. The standard InChI is InChI=1S/C11H10F3NO4/c1-18-6-4-7(19-11(12,13)14)8(5-2-3-5)15-9(6)10(16)17/h4-5H,2-3H2,1H3,(H,16,17). The molecule has 2 rings (SSSR count). The minimum Gasteiger partial charge on any atom is -0.494 e.